The van der Waals surface area contributed by atoms with E-state index in [0.717, 1.165) is 4.47 Å². The predicted octanol–water partition coefficient (Wildman–Crippen LogP) is 9.37. The first-order chi connectivity index (χ1) is 15.5. The highest BCUT2D eigenvalue weighted by Gasteiger charge is 2.37. The molecule has 0 heterocycles. The molecule has 0 unspecified atom stereocenters. The fourth-order valence-corrected chi connectivity index (χ4v) is 6.38. The standard InChI is InChI=1S/C31H21Br/c1-31(2)28-14-11-20(32)17-27(28)24-13-12-23-26-16-19-8-4-3-7-18(19)15-25(26)21-9-5-6-10-22(21)29(23)30(24)31/h3-17H,1-2H3. The average molecular weight is 473 g/mol. The molecule has 0 nitrogen and oxygen atoms in total. The van der Waals surface area contributed by atoms with E-state index in [4.69, 9.17) is 0 Å². The Labute approximate surface area is 195 Å². The summed E-state index contributed by atoms with van der Waals surface area (Å²) in [5.74, 6) is 0. The van der Waals surface area contributed by atoms with Crippen LogP contribution in [0.1, 0.15) is 25.0 Å². The van der Waals surface area contributed by atoms with Crippen LogP contribution in [0.3, 0.4) is 0 Å². The topological polar surface area (TPSA) is 0 Å². The molecule has 1 heteroatoms. The van der Waals surface area contributed by atoms with E-state index in [1.54, 1.807) is 0 Å². The van der Waals surface area contributed by atoms with Crippen molar-refractivity contribution in [3.05, 3.63) is 107 Å². The molecule has 0 spiro atoms. The summed E-state index contributed by atoms with van der Waals surface area (Å²) in [7, 11) is 0. The van der Waals surface area contributed by atoms with E-state index in [1.807, 2.05) is 0 Å². The second-order valence-corrected chi connectivity index (χ2v) is 10.4. The molecule has 0 saturated carbocycles. The molecule has 1 aliphatic rings. The Morgan fingerprint density at radius 2 is 1.19 bits per heavy atom. The van der Waals surface area contributed by atoms with Gasteiger partial charge < -0.3 is 0 Å². The Bertz CT molecular complexity index is 1750. The van der Waals surface area contributed by atoms with Gasteiger partial charge in [0.2, 0.25) is 0 Å². The first-order valence-corrected chi connectivity index (χ1v) is 11.9. The molecule has 6 aromatic rings. The van der Waals surface area contributed by atoms with Crippen LogP contribution in [0.2, 0.25) is 0 Å². The summed E-state index contributed by atoms with van der Waals surface area (Å²) in [6, 6.07) is 33.9. The number of fused-ring (bicyclic) bond motifs is 11. The first kappa shape index (κ1) is 18.4. The largest absolute Gasteiger partial charge is 0.0616 e. The molecule has 0 atom stereocenters. The van der Waals surface area contributed by atoms with Crippen molar-refractivity contribution in [2.75, 3.05) is 0 Å². The van der Waals surface area contributed by atoms with Gasteiger partial charge in [-0.3, -0.25) is 0 Å². The highest BCUT2D eigenvalue weighted by Crippen LogP contribution is 2.54. The number of benzene rings is 6. The van der Waals surface area contributed by atoms with E-state index in [1.165, 1.54) is 65.3 Å². The second kappa shape index (κ2) is 6.21. The molecule has 1 aliphatic carbocycles. The van der Waals surface area contributed by atoms with E-state index >= 15 is 0 Å². The van der Waals surface area contributed by atoms with E-state index < -0.39 is 0 Å². The van der Waals surface area contributed by atoms with Crippen molar-refractivity contribution in [3.63, 3.8) is 0 Å². The summed E-state index contributed by atoms with van der Waals surface area (Å²) in [4.78, 5) is 0. The van der Waals surface area contributed by atoms with Gasteiger partial charge >= 0.3 is 0 Å². The number of hydrogen-bond acceptors (Lipinski definition) is 0. The van der Waals surface area contributed by atoms with Crippen molar-refractivity contribution < 1.29 is 0 Å². The van der Waals surface area contributed by atoms with Gasteiger partial charge in [0.1, 0.15) is 0 Å². The van der Waals surface area contributed by atoms with Gasteiger partial charge in [-0.1, -0.05) is 96.5 Å². The Morgan fingerprint density at radius 3 is 1.94 bits per heavy atom. The molecular weight excluding hydrogens is 452 g/mol. The number of halogens is 1. The molecule has 0 N–H and O–H groups in total. The summed E-state index contributed by atoms with van der Waals surface area (Å²) >= 11 is 3.70. The lowest BCUT2D eigenvalue weighted by atomic mass is 9.78. The zero-order valence-electron chi connectivity index (χ0n) is 18.0. The van der Waals surface area contributed by atoms with Gasteiger partial charge in [-0.25, -0.2) is 0 Å². The first-order valence-electron chi connectivity index (χ1n) is 11.1. The maximum Gasteiger partial charge on any atom is 0.0181 e. The number of hydrogen-bond donors (Lipinski definition) is 0. The summed E-state index contributed by atoms with van der Waals surface area (Å²) in [6.45, 7) is 4.76. The zero-order chi connectivity index (χ0) is 21.6. The third kappa shape index (κ3) is 2.27. The highest BCUT2D eigenvalue weighted by atomic mass is 79.9. The molecule has 32 heavy (non-hydrogen) atoms. The number of rotatable bonds is 0. The minimum Gasteiger partial charge on any atom is -0.0616 e. The highest BCUT2D eigenvalue weighted by molar-refractivity contribution is 9.10. The maximum atomic E-state index is 3.70. The lowest BCUT2D eigenvalue weighted by Crippen LogP contribution is -2.15. The van der Waals surface area contributed by atoms with Crippen LogP contribution in [0.5, 0.6) is 0 Å². The van der Waals surface area contributed by atoms with Gasteiger partial charge in [0.25, 0.3) is 0 Å². The molecule has 6 aromatic carbocycles. The predicted molar refractivity (Wildman–Crippen MR) is 142 cm³/mol. The van der Waals surface area contributed by atoms with Crippen molar-refractivity contribution in [2.45, 2.75) is 19.3 Å². The van der Waals surface area contributed by atoms with Gasteiger partial charge in [-0.15, -0.1) is 0 Å². The molecular formula is C31H21Br. The van der Waals surface area contributed by atoms with Crippen molar-refractivity contribution >= 4 is 59.0 Å². The zero-order valence-corrected chi connectivity index (χ0v) is 19.6. The molecule has 0 amide bonds. The average Bonchev–Trinajstić information content (AvgIpc) is 3.04. The molecule has 152 valence electrons. The summed E-state index contributed by atoms with van der Waals surface area (Å²) < 4.78 is 1.13. The quantitative estimate of drug-likeness (QED) is 0.152. The van der Waals surface area contributed by atoms with Crippen LogP contribution in [-0.4, -0.2) is 0 Å². The van der Waals surface area contributed by atoms with Crippen molar-refractivity contribution in [1.29, 1.82) is 0 Å². The molecule has 0 bridgehead atoms. The Morgan fingerprint density at radius 1 is 0.562 bits per heavy atom. The van der Waals surface area contributed by atoms with Crippen LogP contribution >= 0.6 is 15.9 Å². The van der Waals surface area contributed by atoms with Crippen LogP contribution in [0.25, 0.3) is 54.2 Å². The van der Waals surface area contributed by atoms with Crippen LogP contribution < -0.4 is 0 Å². The van der Waals surface area contributed by atoms with Crippen molar-refractivity contribution in [1.82, 2.24) is 0 Å². The van der Waals surface area contributed by atoms with E-state index in [2.05, 4.69) is 121 Å². The van der Waals surface area contributed by atoms with Gasteiger partial charge in [0.05, 0.1) is 0 Å². The normalized spacial score (nSPS) is 14.3. The van der Waals surface area contributed by atoms with Crippen LogP contribution in [0.4, 0.5) is 0 Å². The SMILES string of the molecule is CC1(C)c2ccc(Br)cc2-c2ccc3c4cc5ccccc5cc4c4ccccc4c3c21. The van der Waals surface area contributed by atoms with Crippen LogP contribution in [0, 0.1) is 0 Å². The minimum atomic E-state index is -0.0574. The maximum absolute atomic E-state index is 3.70. The fourth-order valence-electron chi connectivity index (χ4n) is 6.02. The Balaban J connectivity index is 1.75. The molecule has 0 aliphatic heterocycles. The van der Waals surface area contributed by atoms with Crippen molar-refractivity contribution in [3.8, 4) is 11.1 Å². The molecule has 0 radical (unpaired) electrons. The third-order valence-electron chi connectivity index (χ3n) is 7.44. The lowest BCUT2D eigenvalue weighted by molar-refractivity contribution is 0.666. The second-order valence-electron chi connectivity index (χ2n) is 9.52. The fraction of sp³-hybridized carbons (Fsp3) is 0.0968. The molecule has 0 saturated heterocycles. The van der Waals surface area contributed by atoms with Crippen LogP contribution in [-0.2, 0) is 5.41 Å². The third-order valence-corrected chi connectivity index (χ3v) is 7.93. The smallest absolute Gasteiger partial charge is 0.0181 e. The van der Waals surface area contributed by atoms with Gasteiger partial charge in [0, 0.05) is 9.89 Å². The monoisotopic (exact) mass is 472 g/mol. The van der Waals surface area contributed by atoms with E-state index in [0.29, 0.717) is 0 Å². The molecule has 7 rings (SSSR count). The lowest BCUT2D eigenvalue weighted by Gasteiger charge is -2.25. The van der Waals surface area contributed by atoms with Gasteiger partial charge in [0.15, 0.2) is 0 Å². The molecule has 0 aromatic heterocycles. The van der Waals surface area contributed by atoms with Gasteiger partial charge in [-0.2, -0.15) is 0 Å². The van der Waals surface area contributed by atoms with Crippen LogP contribution in [0.15, 0.2) is 95.5 Å². The molecule has 0 fully saturated rings. The van der Waals surface area contributed by atoms with E-state index in [-0.39, 0.29) is 5.41 Å². The minimum absolute atomic E-state index is 0.0574. The summed E-state index contributed by atoms with van der Waals surface area (Å²) in [5.41, 5.74) is 5.52. The Hall–Kier alpha value is -3.16. The summed E-state index contributed by atoms with van der Waals surface area (Å²) in [5, 5.41) is 10.7. The Kier molecular flexibility index (Phi) is 3.57. The van der Waals surface area contributed by atoms with E-state index in [9.17, 15) is 0 Å². The van der Waals surface area contributed by atoms with Gasteiger partial charge in [-0.05, 0) is 89.6 Å². The summed E-state index contributed by atoms with van der Waals surface area (Å²) in [6.07, 6.45) is 0. The van der Waals surface area contributed by atoms with Crippen molar-refractivity contribution in [2.24, 2.45) is 0 Å².